The topological polar surface area (TPSA) is 50.2 Å². The van der Waals surface area contributed by atoms with Gasteiger partial charge in [0.05, 0.1) is 10.7 Å². The van der Waals surface area contributed by atoms with Crippen LogP contribution in [0, 0.1) is 6.92 Å². The normalized spacial score (nSPS) is 15.5. The minimum Gasteiger partial charge on any atom is -0.396 e. The van der Waals surface area contributed by atoms with Crippen LogP contribution in [0.25, 0.3) is 5.57 Å². The van der Waals surface area contributed by atoms with Gasteiger partial charge in [-0.25, -0.2) is 4.98 Å². The van der Waals surface area contributed by atoms with E-state index in [9.17, 15) is 4.79 Å². The average molecular weight is 221 g/mol. The highest BCUT2D eigenvalue weighted by Crippen LogP contribution is 2.26. The molecular formula is C11H11NO2S. The van der Waals surface area contributed by atoms with E-state index in [1.165, 1.54) is 0 Å². The van der Waals surface area contributed by atoms with Crippen LogP contribution < -0.4 is 0 Å². The first-order valence-corrected chi connectivity index (χ1v) is 5.58. The van der Waals surface area contributed by atoms with Gasteiger partial charge in [-0.1, -0.05) is 0 Å². The maximum absolute atomic E-state index is 11.5. The van der Waals surface area contributed by atoms with Crippen LogP contribution in [0.3, 0.4) is 0 Å². The van der Waals surface area contributed by atoms with Gasteiger partial charge in [0.2, 0.25) is 0 Å². The molecule has 0 atom stereocenters. The van der Waals surface area contributed by atoms with Crippen molar-refractivity contribution in [3.8, 4) is 0 Å². The Kier molecular flexibility index (Phi) is 2.79. The Morgan fingerprint density at radius 3 is 2.87 bits per heavy atom. The molecule has 0 radical (unpaired) electrons. The average Bonchev–Trinajstić information content (AvgIpc) is 2.75. The fourth-order valence-electron chi connectivity index (χ4n) is 1.49. The van der Waals surface area contributed by atoms with E-state index in [0.717, 1.165) is 16.3 Å². The second-order valence-electron chi connectivity index (χ2n) is 3.36. The zero-order valence-corrected chi connectivity index (χ0v) is 9.17. The number of thiazole rings is 1. The highest BCUT2D eigenvalue weighted by atomic mass is 32.1. The summed E-state index contributed by atoms with van der Waals surface area (Å²) in [5, 5.41) is 11.7. The number of allylic oxidation sites excluding steroid dienone is 3. The lowest BCUT2D eigenvalue weighted by Gasteiger charge is -1.93. The Morgan fingerprint density at radius 1 is 1.47 bits per heavy atom. The monoisotopic (exact) mass is 221 g/mol. The number of aliphatic hydroxyl groups excluding tert-OH is 1. The molecule has 0 spiro atoms. The number of hydrogen-bond donors (Lipinski definition) is 1. The van der Waals surface area contributed by atoms with Gasteiger partial charge in [0.15, 0.2) is 5.78 Å². The minimum atomic E-state index is -0.00953. The number of aryl methyl sites for hydroxylation is 1. The Bertz CT molecular complexity index is 457. The predicted octanol–water partition coefficient (Wildman–Crippen LogP) is 1.73. The van der Waals surface area contributed by atoms with Crippen LogP contribution in [0.4, 0.5) is 0 Å². The van der Waals surface area contributed by atoms with E-state index in [1.54, 1.807) is 17.4 Å². The number of nitrogens with zero attached hydrogens (tertiary/aromatic N) is 1. The molecule has 1 aliphatic rings. The number of ketones is 1. The van der Waals surface area contributed by atoms with E-state index in [2.05, 4.69) is 4.98 Å². The first-order chi connectivity index (χ1) is 7.20. The lowest BCUT2D eigenvalue weighted by molar-refractivity contribution is -0.111. The van der Waals surface area contributed by atoms with Crippen molar-refractivity contribution >= 4 is 22.7 Å². The molecule has 0 aromatic carbocycles. The molecule has 1 aromatic rings. The molecule has 2 rings (SSSR count). The summed E-state index contributed by atoms with van der Waals surface area (Å²) in [5.74, 6) is -0.00953. The van der Waals surface area contributed by atoms with Crippen LogP contribution in [0.5, 0.6) is 0 Å². The maximum Gasteiger partial charge on any atom is 0.182 e. The van der Waals surface area contributed by atoms with Crippen LogP contribution in [-0.4, -0.2) is 22.5 Å². The van der Waals surface area contributed by atoms with Crippen LogP contribution in [0.1, 0.15) is 17.1 Å². The van der Waals surface area contributed by atoms with Crippen LogP contribution in [0.15, 0.2) is 23.1 Å². The summed E-state index contributed by atoms with van der Waals surface area (Å²) in [4.78, 5) is 15.8. The van der Waals surface area contributed by atoms with Gasteiger partial charge < -0.3 is 5.11 Å². The van der Waals surface area contributed by atoms with E-state index in [0.29, 0.717) is 12.0 Å². The summed E-state index contributed by atoms with van der Waals surface area (Å²) >= 11 is 1.57. The van der Waals surface area contributed by atoms with Gasteiger partial charge in [-0.15, -0.1) is 11.3 Å². The van der Waals surface area contributed by atoms with E-state index >= 15 is 0 Å². The van der Waals surface area contributed by atoms with Gasteiger partial charge in [0, 0.05) is 23.1 Å². The van der Waals surface area contributed by atoms with E-state index in [4.69, 9.17) is 5.11 Å². The highest BCUT2D eigenvalue weighted by Gasteiger charge is 2.17. The number of carbonyl (C=O) groups excluding carboxylic acids is 1. The number of aliphatic hydroxyl groups is 1. The van der Waals surface area contributed by atoms with Gasteiger partial charge in [0.1, 0.15) is 0 Å². The summed E-state index contributed by atoms with van der Waals surface area (Å²) < 4.78 is 0. The van der Waals surface area contributed by atoms with E-state index in [1.807, 2.05) is 18.4 Å². The smallest absolute Gasteiger partial charge is 0.182 e. The molecule has 0 unspecified atom stereocenters. The number of aromatic nitrogens is 1. The Hall–Kier alpha value is -1.26. The number of rotatable bonds is 3. The molecule has 0 bridgehead atoms. The molecule has 0 saturated heterocycles. The van der Waals surface area contributed by atoms with E-state index in [-0.39, 0.29) is 12.4 Å². The van der Waals surface area contributed by atoms with Crippen molar-refractivity contribution in [2.24, 2.45) is 0 Å². The van der Waals surface area contributed by atoms with Crippen LogP contribution in [0.2, 0.25) is 0 Å². The molecule has 3 nitrogen and oxygen atoms in total. The molecule has 0 amide bonds. The summed E-state index contributed by atoms with van der Waals surface area (Å²) in [6.45, 7) is 1.94. The zero-order chi connectivity index (χ0) is 10.8. The first-order valence-electron chi connectivity index (χ1n) is 4.70. The molecule has 4 heteroatoms. The van der Waals surface area contributed by atoms with Crippen molar-refractivity contribution in [2.45, 2.75) is 13.3 Å². The van der Waals surface area contributed by atoms with Crippen LogP contribution in [-0.2, 0) is 4.79 Å². The second-order valence-corrected chi connectivity index (χ2v) is 4.42. The summed E-state index contributed by atoms with van der Waals surface area (Å²) in [7, 11) is 0. The quantitative estimate of drug-likeness (QED) is 0.845. The molecule has 15 heavy (non-hydrogen) atoms. The third-order valence-corrected chi connectivity index (χ3v) is 3.00. The lowest BCUT2D eigenvalue weighted by Crippen LogP contribution is -1.96. The summed E-state index contributed by atoms with van der Waals surface area (Å²) in [5.41, 5.74) is 2.37. The third kappa shape index (κ3) is 2.06. The van der Waals surface area contributed by atoms with Crippen molar-refractivity contribution < 1.29 is 9.90 Å². The molecule has 78 valence electrons. The first kappa shape index (κ1) is 10.3. The summed E-state index contributed by atoms with van der Waals surface area (Å²) in [6.07, 6.45) is 3.81. The maximum atomic E-state index is 11.5. The number of hydrogen-bond acceptors (Lipinski definition) is 4. The van der Waals surface area contributed by atoms with Crippen molar-refractivity contribution in [1.29, 1.82) is 0 Å². The van der Waals surface area contributed by atoms with Gasteiger partial charge in [-0.2, -0.15) is 0 Å². The van der Waals surface area contributed by atoms with Crippen LogP contribution >= 0.6 is 11.3 Å². The molecule has 1 aromatic heterocycles. The Balaban J connectivity index is 2.26. The molecule has 1 N–H and O–H groups in total. The fourth-order valence-corrected chi connectivity index (χ4v) is 2.12. The number of carbonyl (C=O) groups is 1. The second kappa shape index (κ2) is 4.08. The molecule has 0 fully saturated rings. The largest absolute Gasteiger partial charge is 0.396 e. The molecule has 1 heterocycles. The zero-order valence-electron chi connectivity index (χ0n) is 8.36. The summed E-state index contributed by atoms with van der Waals surface area (Å²) in [6, 6.07) is 0. The van der Waals surface area contributed by atoms with Crippen molar-refractivity contribution in [3.05, 3.63) is 33.8 Å². The fraction of sp³-hybridized carbons (Fsp3) is 0.273. The lowest BCUT2D eigenvalue weighted by atomic mass is 10.1. The van der Waals surface area contributed by atoms with E-state index < -0.39 is 0 Å². The van der Waals surface area contributed by atoms with Gasteiger partial charge in [-0.3, -0.25) is 4.79 Å². The molecule has 1 aliphatic carbocycles. The Morgan fingerprint density at radius 2 is 2.27 bits per heavy atom. The van der Waals surface area contributed by atoms with Gasteiger partial charge in [-0.05, 0) is 25.5 Å². The highest BCUT2D eigenvalue weighted by molar-refractivity contribution is 7.09. The molecule has 0 saturated carbocycles. The molecular weight excluding hydrogens is 210 g/mol. The molecule has 0 aliphatic heterocycles. The minimum absolute atomic E-state index is 0.00872. The third-order valence-electron chi connectivity index (χ3n) is 2.23. The standard InChI is InChI=1S/C11H11NO2S/c1-7-12-10(6-15-7)9-4-8(2-3-13)11(14)5-9/h4-6,13H,2-3H2,1H3. The SMILES string of the molecule is Cc1nc(C2=CC(=O)C(CCO)=C2)cs1. The van der Waals surface area contributed by atoms with Crippen molar-refractivity contribution in [1.82, 2.24) is 4.98 Å². The predicted molar refractivity (Wildman–Crippen MR) is 59.6 cm³/mol. The van der Waals surface area contributed by atoms with Gasteiger partial charge in [0.25, 0.3) is 0 Å². The van der Waals surface area contributed by atoms with Crippen molar-refractivity contribution in [3.63, 3.8) is 0 Å². The van der Waals surface area contributed by atoms with Crippen molar-refractivity contribution in [2.75, 3.05) is 6.61 Å². The van der Waals surface area contributed by atoms with Gasteiger partial charge >= 0.3 is 0 Å². The Labute approximate surface area is 91.8 Å².